The van der Waals surface area contributed by atoms with Crippen LogP contribution in [-0.4, -0.2) is 8.07 Å². The van der Waals surface area contributed by atoms with Crippen molar-refractivity contribution in [1.29, 1.82) is 0 Å². The molecule has 712 valence electrons. The highest BCUT2D eigenvalue weighted by atomic mass is 32.2. The molecule has 1 aliphatic carbocycles. The summed E-state index contributed by atoms with van der Waals surface area (Å²) in [5, 5.41) is 5.72. The number of hydrogen-bond acceptors (Lipinski definition) is 3. The maximum absolute atomic E-state index is 5.69. The summed E-state index contributed by atoms with van der Waals surface area (Å²) in [6.07, 6.45) is 1.03. The number of rotatable bonds is 17. The van der Waals surface area contributed by atoms with Crippen molar-refractivity contribution >= 4 is 57.6 Å². The van der Waals surface area contributed by atoms with Crippen LogP contribution in [0.3, 0.4) is 0 Å². The van der Waals surface area contributed by atoms with E-state index in [2.05, 4.69) is 551 Å². The minimum absolute atomic E-state index is 0.0708. The third-order valence-electron chi connectivity index (χ3n) is 27.0. The SMILES string of the molecule is Cc1ccc(C(C)(C)c2ccc(C)cc2)cc1.Cc1ccc(C2(c3ccc(C)cc3)c3cc(C)ccc3-c3ccc(C)cc32)cc1.Cc1ccc(Cc2ccc(C)cc2)cc1.Cc1ccc(N(c2ccc(C)cc2)c2ccc(C)cc2)cc1.Cc1ccc(Oc2ccc(C)cc2)cc1.Cc1ccc(Sc2ccc(C)cc2)cc1.Cc1ccc([Si](c2ccc(C)cc2)(c2ccc(C)cc2)c2ccc(C)cc2)cc1. The van der Waals surface area contributed by atoms with Gasteiger partial charge in [0.05, 0.1) is 5.41 Å². The smallest absolute Gasteiger partial charge is 0.179 e. The van der Waals surface area contributed by atoms with Crippen molar-refractivity contribution in [3.8, 4) is 22.6 Å². The van der Waals surface area contributed by atoms with Gasteiger partial charge in [-0.05, 0) is 299 Å². The minimum Gasteiger partial charge on any atom is -0.457 e. The lowest BCUT2D eigenvalue weighted by Crippen LogP contribution is -2.74. The average molecular weight is 1890 g/mol. The molecule has 0 aromatic heterocycles. The monoisotopic (exact) mass is 1890 g/mol. The summed E-state index contributed by atoms with van der Waals surface area (Å²) in [5.74, 6) is 1.76. The van der Waals surface area contributed by atoms with Crippen LogP contribution in [0.1, 0.15) is 164 Å². The van der Waals surface area contributed by atoms with Gasteiger partial charge in [-0.2, -0.15) is 0 Å². The summed E-state index contributed by atoms with van der Waals surface area (Å²) in [6.45, 7) is 45.1. The van der Waals surface area contributed by atoms with E-state index in [1.165, 1.54) is 209 Å². The summed E-state index contributed by atoms with van der Waals surface area (Å²) >= 11 is 1.80. The van der Waals surface area contributed by atoms with Crippen LogP contribution in [0.25, 0.3) is 11.1 Å². The lowest BCUT2D eigenvalue weighted by atomic mass is 9.67. The first kappa shape index (κ1) is 103. The van der Waals surface area contributed by atoms with Gasteiger partial charge in [0, 0.05) is 32.3 Å². The summed E-state index contributed by atoms with van der Waals surface area (Å²) in [5.41, 5.74) is 41.6. The molecule has 142 heavy (non-hydrogen) atoms. The summed E-state index contributed by atoms with van der Waals surface area (Å²) in [6, 6.07) is 164. The Kier molecular flexibility index (Phi) is 34.9. The molecule has 0 bridgehead atoms. The Morgan fingerprint density at radius 2 is 0.415 bits per heavy atom. The Hall–Kier alpha value is -14.7. The minimum atomic E-state index is -2.39. The van der Waals surface area contributed by atoms with Gasteiger partial charge < -0.3 is 9.64 Å². The zero-order chi connectivity index (χ0) is 101. The number of nitrogens with zero attached hydrogens (tertiary/aromatic N) is 1. The zero-order valence-corrected chi connectivity index (χ0v) is 89.0. The second-order valence-electron chi connectivity index (χ2n) is 39.6. The van der Waals surface area contributed by atoms with Gasteiger partial charge in [0.1, 0.15) is 11.5 Å². The van der Waals surface area contributed by atoms with Crippen LogP contribution in [0, 0.1) is 132 Å². The number of benzene rings is 19. The van der Waals surface area contributed by atoms with Crippen LogP contribution in [-0.2, 0) is 17.3 Å². The maximum Gasteiger partial charge on any atom is 0.179 e. The van der Waals surface area contributed by atoms with Crippen LogP contribution in [0.4, 0.5) is 17.1 Å². The highest BCUT2D eigenvalue weighted by Gasteiger charge is 2.47. The second kappa shape index (κ2) is 48.0. The van der Waals surface area contributed by atoms with Crippen LogP contribution < -0.4 is 30.4 Å². The normalized spacial score (nSPS) is 11.4. The predicted octanol–water partition coefficient (Wildman–Crippen LogP) is 34.7. The molecule has 0 saturated heterocycles. The van der Waals surface area contributed by atoms with E-state index < -0.39 is 8.07 Å². The maximum atomic E-state index is 5.69. The molecule has 0 amide bonds. The largest absolute Gasteiger partial charge is 0.457 e. The van der Waals surface area contributed by atoms with Crippen molar-refractivity contribution in [3.63, 3.8) is 0 Å². The fraction of sp³-hybridized carbons (Fsp3) is 0.174. The second-order valence-corrected chi connectivity index (χ2v) is 44.6. The Bertz CT molecular complexity index is 6430. The average Bonchev–Trinajstić information content (AvgIpc) is 1.54. The number of hydrogen-bond donors (Lipinski definition) is 0. The zero-order valence-electron chi connectivity index (χ0n) is 87.2. The first-order valence-electron chi connectivity index (χ1n) is 49.9. The van der Waals surface area contributed by atoms with Crippen molar-refractivity contribution in [1.82, 2.24) is 0 Å². The fourth-order valence-electron chi connectivity index (χ4n) is 18.1. The van der Waals surface area contributed by atoms with Crippen LogP contribution in [0.15, 0.2) is 459 Å². The van der Waals surface area contributed by atoms with Gasteiger partial charge in [0.15, 0.2) is 8.07 Å². The molecule has 0 aliphatic heterocycles. The molecular formula is C138H139NOSSi. The topological polar surface area (TPSA) is 12.5 Å². The number of anilines is 3. The number of ether oxygens (including phenoxy) is 1. The molecule has 0 radical (unpaired) electrons. The van der Waals surface area contributed by atoms with Crippen LogP contribution in [0.5, 0.6) is 11.5 Å². The summed E-state index contributed by atoms with van der Waals surface area (Å²) in [4.78, 5) is 4.88. The van der Waals surface area contributed by atoms with E-state index in [4.69, 9.17) is 4.74 Å². The fourth-order valence-corrected chi connectivity index (χ4v) is 23.6. The summed E-state index contributed by atoms with van der Waals surface area (Å²) in [7, 11) is -2.39. The van der Waals surface area contributed by atoms with Gasteiger partial charge in [-0.1, -0.05) is 495 Å². The Balaban J connectivity index is 0.000000134. The Morgan fingerprint density at radius 1 is 0.218 bits per heavy atom. The molecule has 0 unspecified atom stereocenters. The van der Waals surface area contributed by atoms with Crippen molar-refractivity contribution < 1.29 is 4.74 Å². The molecule has 20 rings (SSSR count). The highest BCUT2D eigenvalue weighted by Crippen LogP contribution is 2.57. The van der Waals surface area contributed by atoms with Crippen molar-refractivity contribution in [3.05, 3.63) is 599 Å². The Morgan fingerprint density at radius 3 is 0.662 bits per heavy atom. The third-order valence-corrected chi connectivity index (χ3v) is 32.8. The number of fused-ring (bicyclic) bond motifs is 3. The quantitative estimate of drug-likeness (QED) is 0.0666. The van der Waals surface area contributed by atoms with Crippen molar-refractivity contribution in [2.75, 3.05) is 4.90 Å². The van der Waals surface area contributed by atoms with E-state index in [-0.39, 0.29) is 10.8 Å². The van der Waals surface area contributed by atoms with E-state index in [0.29, 0.717) is 0 Å². The summed E-state index contributed by atoms with van der Waals surface area (Å²) < 4.78 is 5.69. The highest BCUT2D eigenvalue weighted by molar-refractivity contribution is 7.99. The molecule has 4 heteroatoms. The van der Waals surface area contributed by atoms with E-state index in [9.17, 15) is 0 Å². The van der Waals surface area contributed by atoms with E-state index in [1.807, 2.05) is 48.5 Å². The standard InChI is InChI=1S/C29H26.C28H28Si.C21H21N.C17H20.C15H16.C14H14O.C14H14S/c1-19-5-11-23(12-6-19)29(24-13-7-20(2)8-14-24)27-17-21(3)9-15-25(27)26-16-10-22(4)18-28(26)29;1-21-5-13-25(14-6-21)29(26-15-7-22(2)8-16-26,27-17-9-23(3)10-18-27)28-19-11-24(4)12-20-28;1-16-4-10-19(11-5-16)22(20-12-6-17(2)7-13-20)21-14-8-18(3)9-15-21;1-13-5-9-15(10-6-13)17(3,4)16-11-7-14(2)8-12-16;1-12-3-7-14(8-4-12)11-15-9-5-13(2)6-10-15;2*1-11-3-7-13(8-4-11)15-14-9-5-12(2)6-10-14/h5-18H,1-4H3;5-20H,1-4H3;4-15H,1-3H3;5-12H,1-4H3;3-10H,11H2,1-2H3;2*3-10H,1-2H3. The van der Waals surface area contributed by atoms with Crippen LogP contribution in [0.2, 0.25) is 0 Å². The molecule has 2 nitrogen and oxygen atoms in total. The third kappa shape index (κ3) is 26.7. The molecule has 19 aromatic carbocycles. The lowest BCUT2D eigenvalue weighted by Gasteiger charge is -2.34. The molecule has 0 spiro atoms. The molecule has 1 aliphatic rings. The van der Waals surface area contributed by atoms with Gasteiger partial charge in [-0.25, -0.2) is 0 Å². The molecule has 0 saturated carbocycles. The molecule has 19 aromatic rings. The Labute approximate surface area is 855 Å². The first-order chi connectivity index (χ1) is 68.3. The van der Waals surface area contributed by atoms with Gasteiger partial charge in [0.25, 0.3) is 0 Å². The number of aryl methyl sites for hydroxylation is 19. The molecule has 0 N–H and O–H groups in total. The van der Waals surface area contributed by atoms with Gasteiger partial charge in [0.2, 0.25) is 0 Å². The van der Waals surface area contributed by atoms with Gasteiger partial charge in [-0.3, -0.25) is 0 Å². The first-order valence-corrected chi connectivity index (χ1v) is 52.7. The van der Waals surface area contributed by atoms with Gasteiger partial charge >= 0.3 is 0 Å². The molecule has 0 fully saturated rings. The van der Waals surface area contributed by atoms with E-state index >= 15 is 0 Å². The lowest BCUT2D eigenvalue weighted by molar-refractivity contribution is 0.482. The molecule has 0 atom stereocenters. The predicted molar refractivity (Wildman–Crippen MR) is 616 cm³/mol. The van der Waals surface area contributed by atoms with Gasteiger partial charge in [-0.15, -0.1) is 0 Å². The van der Waals surface area contributed by atoms with Crippen LogP contribution >= 0.6 is 11.8 Å². The molecule has 0 heterocycles. The van der Waals surface area contributed by atoms with E-state index in [1.54, 1.807) is 11.8 Å². The van der Waals surface area contributed by atoms with E-state index in [0.717, 1.165) is 17.9 Å². The van der Waals surface area contributed by atoms with Crippen molar-refractivity contribution in [2.45, 2.75) is 172 Å². The molecular weight excluding hydrogens is 1750 g/mol. The van der Waals surface area contributed by atoms with Crippen molar-refractivity contribution in [2.24, 2.45) is 0 Å².